The Morgan fingerprint density at radius 3 is 2.87 bits per heavy atom. The summed E-state index contributed by atoms with van der Waals surface area (Å²) in [7, 11) is 0. The monoisotopic (exact) mass is 223 g/mol. The summed E-state index contributed by atoms with van der Waals surface area (Å²) in [6, 6.07) is 2.33. The fourth-order valence-corrected chi connectivity index (χ4v) is 3.24. The lowest BCUT2D eigenvalue weighted by molar-refractivity contribution is 0.246. The second kappa shape index (κ2) is 5.13. The van der Waals surface area contributed by atoms with Crippen molar-refractivity contribution in [3.63, 3.8) is 0 Å². The Bertz CT molecular complexity index is 305. The van der Waals surface area contributed by atoms with Gasteiger partial charge in [0.25, 0.3) is 0 Å². The summed E-state index contributed by atoms with van der Waals surface area (Å²) >= 11 is 1.89. The van der Waals surface area contributed by atoms with Crippen molar-refractivity contribution in [3.05, 3.63) is 21.9 Å². The van der Waals surface area contributed by atoms with Gasteiger partial charge in [0.15, 0.2) is 0 Å². The van der Waals surface area contributed by atoms with Gasteiger partial charge in [0.1, 0.15) is 0 Å². The average Bonchev–Trinajstić information content (AvgIpc) is 2.58. The van der Waals surface area contributed by atoms with Gasteiger partial charge in [0.05, 0.1) is 0 Å². The van der Waals surface area contributed by atoms with Crippen molar-refractivity contribution < 1.29 is 0 Å². The molecule has 1 N–H and O–H groups in total. The summed E-state index contributed by atoms with van der Waals surface area (Å²) in [6.07, 6.45) is 4.06. The summed E-state index contributed by atoms with van der Waals surface area (Å²) in [5.74, 6) is 1.74. The molecule has 0 saturated heterocycles. The fourth-order valence-electron chi connectivity index (χ4n) is 2.47. The molecule has 1 saturated carbocycles. The minimum absolute atomic E-state index is 0.848. The van der Waals surface area contributed by atoms with Crippen molar-refractivity contribution in [1.82, 2.24) is 5.32 Å². The highest BCUT2D eigenvalue weighted by Crippen LogP contribution is 2.44. The Labute approximate surface area is 96.9 Å². The third-order valence-corrected chi connectivity index (χ3v) is 4.41. The topological polar surface area (TPSA) is 12.0 Å². The van der Waals surface area contributed by atoms with Crippen molar-refractivity contribution in [2.24, 2.45) is 5.92 Å². The minimum atomic E-state index is 0.848. The molecule has 2 unspecified atom stereocenters. The van der Waals surface area contributed by atoms with Crippen LogP contribution in [0.3, 0.4) is 0 Å². The highest BCUT2D eigenvalue weighted by atomic mass is 32.1. The lowest BCUT2D eigenvalue weighted by atomic mass is 9.70. The van der Waals surface area contributed by atoms with E-state index in [1.165, 1.54) is 37.2 Å². The van der Waals surface area contributed by atoms with E-state index in [4.69, 9.17) is 0 Å². The molecule has 0 aliphatic heterocycles. The maximum atomic E-state index is 3.55. The minimum Gasteiger partial charge on any atom is -0.316 e. The molecular weight excluding hydrogens is 202 g/mol. The number of aryl methyl sites for hydroxylation is 1. The van der Waals surface area contributed by atoms with E-state index in [1.54, 1.807) is 5.56 Å². The van der Waals surface area contributed by atoms with E-state index in [9.17, 15) is 0 Å². The number of hydrogen-bond donors (Lipinski definition) is 1. The van der Waals surface area contributed by atoms with Gasteiger partial charge in [-0.2, -0.15) is 0 Å². The number of thiophene rings is 1. The van der Waals surface area contributed by atoms with Crippen molar-refractivity contribution in [3.8, 4) is 0 Å². The molecule has 15 heavy (non-hydrogen) atoms. The smallest absolute Gasteiger partial charge is 0.00491 e. The van der Waals surface area contributed by atoms with Crippen molar-refractivity contribution in [2.45, 2.75) is 39.0 Å². The molecule has 2 atom stereocenters. The summed E-state index contributed by atoms with van der Waals surface area (Å²) in [5.41, 5.74) is 1.62. The zero-order chi connectivity index (χ0) is 10.7. The van der Waals surface area contributed by atoms with E-state index in [2.05, 4.69) is 30.6 Å². The Kier molecular flexibility index (Phi) is 3.81. The average molecular weight is 223 g/mol. The Hall–Kier alpha value is -0.340. The SMILES string of the molecule is CCCNCC1CCC1c1ccsc1C. The number of hydrogen-bond acceptors (Lipinski definition) is 2. The molecule has 0 aromatic carbocycles. The molecule has 1 fully saturated rings. The van der Waals surface area contributed by atoms with Crippen LogP contribution in [0, 0.1) is 12.8 Å². The van der Waals surface area contributed by atoms with Crippen LogP contribution < -0.4 is 5.32 Å². The summed E-state index contributed by atoms with van der Waals surface area (Å²) < 4.78 is 0. The van der Waals surface area contributed by atoms with Crippen molar-refractivity contribution in [1.29, 1.82) is 0 Å². The van der Waals surface area contributed by atoms with E-state index in [-0.39, 0.29) is 0 Å². The van der Waals surface area contributed by atoms with Crippen LogP contribution in [0.5, 0.6) is 0 Å². The number of rotatable bonds is 5. The highest BCUT2D eigenvalue weighted by molar-refractivity contribution is 7.10. The fraction of sp³-hybridized carbons (Fsp3) is 0.692. The molecule has 0 bridgehead atoms. The van der Waals surface area contributed by atoms with E-state index in [0.29, 0.717) is 0 Å². The molecule has 1 heterocycles. The predicted octanol–water partition coefficient (Wildman–Crippen LogP) is 3.55. The molecule has 1 aliphatic carbocycles. The molecule has 0 spiro atoms. The molecule has 1 aromatic rings. The van der Waals surface area contributed by atoms with Gasteiger partial charge in [-0.1, -0.05) is 6.92 Å². The van der Waals surface area contributed by atoms with Crippen LogP contribution in [0.25, 0.3) is 0 Å². The lowest BCUT2D eigenvalue weighted by Gasteiger charge is -2.37. The molecule has 1 aromatic heterocycles. The maximum absolute atomic E-state index is 3.55. The van der Waals surface area contributed by atoms with Crippen LogP contribution in [-0.4, -0.2) is 13.1 Å². The molecule has 0 radical (unpaired) electrons. The van der Waals surface area contributed by atoms with Gasteiger partial charge in [0.2, 0.25) is 0 Å². The molecule has 1 aliphatic rings. The van der Waals surface area contributed by atoms with Crippen molar-refractivity contribution in [2.75, 3.05) is 13.1 Å². The molecular formula is C13H21NS. The standard InChI is InChI=1S/C13H21NS/c1-3-7-14-9-11-4-5-13(11)12-6-8-15-10(12)2/h6,8,11,13-14H,3-5,7,9H2,1-2H3. The summed E-state index contributed by atoms with van der Waals surface area (Å²) in [4.78, 5) is 1.53. The van der Waals surface area contributed by atoms with Gasteiger partial charge >= 0.3 is 0 Å². The highest BCUT2D eigenvalue weighted by Gasteiger charge is 2.32. The maximum Gasteiger partial charge on any atom is 0.00491 e. The second-order valence-electron chi connectivity index (χ2n) is 4.58. The first-order chi connectivity index (χ1) is 7.33. The Morgan fingerprint density at radius 2 is 2.33 bits per heavy atom. The molecule has 84 valence electrons. The number of nitrogens with one attached hydrogen (secondary N) is 1. The zero-order valence-electron chi connectivity index (χ0n) is 9.75. The van der Waals surface area contributed by atoms with Crippen LogP contribution in [0.1, 0.15) is 42.5 Å². The van der Waals surface area contributed by atoms with Gasteiger partial charge in [-0.05, 0) is 68.1 Å². The van der Waals surface area contributed by atoms with Crippen LogP contribution in [0.4, 0.5) is 0 Å². The van der Waals surface area contributed by atoms with Gasteiger partial charge in [-0.25, -0.2) is 0 Å². The van der Waals surface area contributed by atoms with E-state index >= 15 is 0 Å². The van der Waals surface area contributed by atoms with Crippen LogP contribution in [0.15, 0.2) is 11.4 Å². The van der Waals surface area contributed by atoms with Gasteiger partial charge in [-0.3, -0.25) is 0 Å². The van der Waals surface area contributed by atoms with Crippen LogP contribution in [-0.2, 0) is 0 Å². The van der Waals surface area contributed by atoms with E-state index in [0.717, 1.165) is 11.8 Å². The van der Waals surface area contributed by atoms with Gasteiger partial charge < -0.3 is 5.32 Å². The first-order valence-electron chi connectivity index (χ1n) is 6.07. The molecule has 1 nitrogen and oxygen atoms in total. The van der Waals surface area contributed by atoms with Crippen LogP contribution in [0.2, 0.25) is 0 Å². The summed E-state index contributed by atoms with van der Waals surface area (Å²) in [5, 5.41) is 5.79. The predicted molar refractivity (Wildman–Crippen MR) is 67.7 cm³/mol. The largest absolute Gasteiger partial charge is 0.316 e. The summed E-state index contributed by atoms with van der Waals surface area (Å²) in [6.45, 7) is 6.88. The van der Waals surface area contributed by atoms with E-state index in [1.807, 2.05) is 11.3 Å². The third-order valence-electron chi connectivity index (χ3n) is 3.55. The van der Waals surface area contributed by atoms with Gasteiger partial charge in [0, 0.05) is 4.88 Å². The first kappa shape index (κ1) is 11.2. The zero-order valence-corrected chi connectivity index (χ0v) is 10.6. The quantitative estimate of drug-likeness (QED) is 0.753. The first-order valence-corrected chi connectivity index (χ1v) is 6.95. The van der Waals surface area contributed by atoms with Gasteiger partial charge in [-0.15, -0.1) is 11.3 Å². The molecule has 2 heteroatoms. The normalized spacial score (nSPS) is 25.2. The Morgan fingerprint density at radius 1 is 1.47 bits per heavy atom. The molecule has 0 amide bonds. The third kappa shape index (κ3) is 2.43. The van der Waals surface area contributed by atoms with E-state index < -0.39 is 0 Å². The second-order valence-corrected chi connectivity index (χ2v) is 5.70. The van der Waals surface area contributed by atoms with Crippen molar-refractivity contribution >= 4 is 11.3 Å². The molecule has 2 rings (SSSR count). The lowest BCUT2D eigenvalue weighted by Crippen LogP contribution is -2.34. The van der Waals surface area contributed by atoms with Crippen LogP contribution >= 0.6 is 11.3 Å². The Balaban J connectivity index is 1.87.